The summed E-state index contributed by atoms with van der Waals surface area (Å²) in [5.41, 5.74) is -0.246. The van der Waals surface area contributed by atoms with E-state index in [4.69, 9.17) is 0 Å². The Labute approximate surface area is 86.9 Å². The van der Waals surface area contributed by atoms with Crippen LogP contribution in [0.25, 0.3) is 0 Å². The first-order valence-electron chi connectivity index (χ1n) is 4.55. The van der Waals surface area contributed by atoms with E-state index in [9.17, 15) is 9.59 Å². The average Bonchev–Trinajstić information content (AvgIpc) is 2.27. The number of hydrogen-bond donors (Lipinski definition) is 1. The van der Waals surface area contributed by atoms with Crippen molar-refractivity contribution in [2.75, 3.05) is 19.0 Å². The lowest BCUT2D eigenvalue weighted by Crippen LogP contribution is -2.26. The van der Waals surface area contributed by atoms with E-state index >= 15 is 0 Å². The topological polar surface area (TPSA) is 73.2 Å². The Bertz CT molecular complexity index is 400. The molecule has 0 radical (unpaired) electrons. The van der Waals surface area contributed by atoms with Crippen molar-refractivity contribution in [3.63, 3.8) is 0 Å². The Morgan fingerprint density at radius 3 is 3.00 bits per heavy atom. The maximum absolute atomic E-state index is 11.6. The van der Waals surface area contributed by atoms with Gasteiger partial charge in [-0.25, -0.2) is 4.98 Å². The fraction of sp³-hybridized carbons (Fsp3) is 0.444. The molecule has 6 heteroatoms. The van der Waals surface area contributed by atoms with Crippen LogP contribution in [-0.4, -0.2) is 29.2 Å². The van der Waals surface area contributed by atoms with Crippen molar-refractivity contribution in [3.8, 4) is 0 Å². The number of anilines is 1. The van der Waals surface area contributed by atoms with Crippen molar-refractivity contribution in [3.05, 3.63) is 22.7 Å². The fourth-order valence-corrected chi connectivity index (χ4v) is 1.05. The van der Waals surface area contributed by atoms with Crippen LogP contribution in [0.15, 0.2) is 17.2 Å². The highest BCUT2D eigenvalue weighted by molar-refractivity contribution is 5.74. The number of nitrogens with zero attached hydrogens (tertiary/aromatic N) is 2. The number of aryl methyl sites for hydroxylation is 1. The zero-order valence-corrected chi connectivity index (χ0v) is 8.69. The second-order valence-electron chi connectivity index (χ2n) is 2.80. The minimum atomic E-state index is -0.442. The Morgan fingerprint density at radius 2 is 2.40 bits per heavy atom. The van der Waals surface area contributed by atoms with Crippen LogP contribution in [0.3, 0.4) is 0 Å². The third kappa shape index (κ3) is 2.80. The molecule has 0 bridgehead atoms. The van der Waals surface area contributed by atoms with Gasteiger partial charge in [0.1, 0.15) is 6.54 Å². The zero-order chi connectivity index (χ0) is 11.3. The number of aromatic nitrogens is 2. The lowest BCUT2D eigenvalue weighted by molar-refractivity contribution is -0.138. The van der Waals surface area contributed by atoms with Crippen molar-refractivity contribution in [1.29, 1.82) is 0 Å². The molecule has 0 spiro atoms. The number of nitrogens with one attached hydrogen (secondary N) is 1. The molecular weight excluding hydrogens is 198 g/mol. The molecule has 0 aliphatic rings. The summed E-state index contributed by atoms with van der Waals surface area (Å²) in [4.78, 5) is 26.3. The first-order valence-corrected chi connectivity index (χ1v) is 4.55. The Kier molecular flexibility index (Phi) is 3.84. The summed E-state index contributed by atoms with van der Waals surface area (Å²) >= 11 is 0. The van der Waals surface area contributed by atoms with E-state index < -0.39 is 5.97 Å². The van der Waals surface area contributed by atoms with E-state index in [0.29, 0.717) is 6.54 Å². The number of carbonyl (C=O) groups is 1. The van der Waals surface area contributed by atoms with Gasteiger partial charge in [0.25, 0.3) is 5.56 Å². The third-order valence-electron chi connectivity index (χ3n) is 1.88. The molecule has 0 aliphatic carbocycles. The maximum atomic E-state index is 11.6. The second-order valence-corrected chi connectivity index (χ2v) is 2.80. The Balaban J connectivity index is 2.78. The summed E-state index contributed by atoms with van der Waals surface area (Å²) < 4.78 is 5.92. The molecule has 0 fully saturated rings. The largest absolute Gasteiger partial charge is 0.468 e. The van der Waals surface area contributed by atoms with Gasteiger partial charge in [-0.15, -0.1) is 0 Å². The molecule has 0 saturated heterocycles. The number of esters is 1. The van der Waals surface area contributed by atoms with Gasteiger partial charge in [-0.05, 0) is 6.92 Å². The fourth-order valence-electron chi connectivity index (χ4n) is 1.05. The molecule has 1 rings (SSSR count). The Hall–Kier alpha value is -1.85. The first-order chi connectivity index (χ1) is 7.19. The molecule has 0 unspecified atom stereocenters. The van der Waals surface area contributed by atoms with Crippen molar-refractivity contribution in [2.24, 2.45) is 0 Å². The molecule has 0 aromatic carbocycles. The van der Waals surface area contributed by atoms with Crippen molar-refractivity contribution >= 4 is 11.8 Å². The maximum Gasteiger partial charge on any atom is 0.325 e. The van der Waals surface area contributed by atoms with Crippen LogP contribution < -0.4 is 10.9 Å². The minimum Gasteiger partial charge on any atom is -0.468 e. The van der Waals surface area contributed by atoms with Crippen LogP contribution >= 0.6 is 0 Å². The quantitative estimate of drug-likeness (QED) is 0.701. The summed E-state index contributed by atoms with van der Waals surface area (Å²) in [5.74, 6) is -0.284. The van der Waals surface area contributed by atoms with Crippen molar-refractivity contribution < 1.29 is 9.53 Å². The molecule has 1 aromatic heterocycles. The zero-order valence-electron chi connectivity index (χ0n) is 8.69. The monoisotopic (exact) mass is 211 g/mol. The van der Waals surface area contributed by atoms with Gasteiger partial charge in [-0.1, -0.05) is 0 Å². The van der Waals surface area contributed by atoms with Gasteiger partial charge >= 0.3 is 5.97 Å². The molecule has 0 amide bonds. The molecule has 1 N–H and O–H groups in total. The molecule has 1 aromatic rings. The number of rotatable bonds is 4. The SMILES string of the molecule is CCn1ccnc(NCC(=O)OC)c1=O. The van der Waals surface area contributed by atoms with Crippen LogP contribution in [0, 0.1) is 0 Å². The van der Waals surface area contributed by atoms with Crippen LogP contribution in [0.4, 0.5) is 5.82 Å². The van der Waals surface area contributed by atoms with E-state index in [1.54, 1.807) is 6.20 Å². The normalized spacial score (nSPS) is 9.73. The second kappa shape index (κ2) is 5.14. The van der Waals surface area contributed by atoms with Gasteiger partial charge in [0.2, 0.25) is 0 Å². The summed E-state index contributed by atoms with van der Waals surface area (Å²) in [6.45, 7) is 2.35. The van der Waals surface area contributed by atoms with Gasteiger partial charge in [0.05, 0.1) is 7.11 Å². The van der Waals surface area contributed by atoms with Gasteiger partial charge in [0.15, 0.2) is 5.82 Å². The van der Waals surface area contributed by atoms with Crippen molar-refractivity contribution in [1.82, 2.24) is 9.55 Å². The van der Waals surface area contributed by atoms with Crippen molar-refractivity contribution in [2.45, 2.75) is 13.5 Å². The minimum absolute atomic E-state index is 0.0630. The van der Waals surface area contributed by atoms with E-state index in [2.05, 4.69) is 15.0 Å². The molecule has 0 aliphatic heterocycles. The molecule has 0 saturated carbocycles. The molecule has 82 valence electrons. The summed E-state index contributed by atoms with van der Waals surface area (Å²) in [6.07, 6.45) is 3.09. The third-order valence-corrected chi connectivity index (χ3v) is 1.88. The van der Waals surface area contributed by atoms with Gasteiger partial charge < -0.3 is 14.6 Å². The summed E-state index contributed by atoms with van der Waals surface area (Å²) in [7, 11) is 1.28. The van der Waals surface area contributed by atoms with E-state index in [-0.39, 0.29) is 17.9 Å². The molecule has 0 atom stereocenters. The predicted octanol–water partition coefficient (Wildman–Crippen LogP) is -0.152. The summed E-state index contributed by atoms with van der Waals surface area (Å²) in [6, 6.07) is 0. The van der Waals surface area contributed by atoms with Gasteiger partial charge in [-0.2, -0.15) is 0 Å². The number of methoxy groups -OCH3 is 1. The molecule has 15 heavy (non-hydrogen) atoms. The number of carbonyl (C=O) groups excluding carboxylic acids is 1. The molecular formula is C9H13N3O3. The van der Waals surface area contributed by atoms with Crippen LogP contribution in [0.5, 0.6) is 0 Å². The number of hydrogen-bond acceptors (Lipinski definition) is 5. The summed E-state index contributed by atoms with van der Waals surface area (Å²) in [5, 5.41) is 2.62. The van der Waals surface area contributed by atoms with Gasteiger partial charge in [0, 0.05) is 18.9 Å². The lowest BCUT2D eigenvalue weighted by Gasteiger charge is -2.05. The standard InChI is InChI=1S/C9H13N3O3/c1-3-12-5-4-10-8(9(12)14)11-6-7(13)15-2/h4-5H,3,6H2,1-2H3,(H,10,11). The average molecular weight is 211 g/mol. The first kappa shape index (κ1) is 11.2. The Morgan fingerprint density at radius 1 is 1.67 bits per heavy atom. The highest BCUT2D eigenvalue weighted by atomic mass is 16.5. The number of ether oxygens (including phenoxy) is 1. The molecule has 6 nitrogen and oxygen atoms in total. The van der Waals surface area contributed by atoms with Crippen LogP contribution in [0.2, 0.25) is 0 Å². The van der Waals surface area contributed by atoms with Crippen LogP contribution in [-0.2, 0) is 16.1 Å². The van der Waals surface area contributed by atoms with E-state index in [1.165, 1.54) is 17.9 Å². The highest BCUT2D eigenvalue weighted by Gasteiger charge is 2.05. The van der Waals surface area contributed by atoms with E-state index in [0.717, 1.165) is 0 Å². The van der Waals surface area contributed by atoms with Crippen LogP contribution in [0.1, 0.15) is 6.92 Å². The predicted molar refractivity (Wildman–Crippen MR) is 54.7 cm³/mol. The molecule has 1 heterocycles. The van der Waals surface area contributed by atoms with Gasteiger partial charge in [-0.3, -0.25) is 9.59 Å². The smallest absolute Gasteiger partial charge is 0.325 e. The highest BCUT2D eigenvalue weighted by Crippen LogP contribution is 1.92. The van der Waals surface area contributed by atoms with E-state index in [1.807, 2.05) is 6.92 Å². The lowest BCUT2D eigenvalue weighted by atomic mass is 10.5.